The van der Waals surface area contributed by atoms with Gasteiger partial charge in [-0.3, -0.25) is 4.90 Å². The van der Waals surface area contributed by atoms with Crippen LogP contribution in [0.1, 0.15) is 26.7 Å². The van der Waals surface area contributed by atoms with Gasteiger partial charge in [0.05, 0.1) is 6.10 Å². The Bertz CT molecular complexity index is 196. The molecule has 1 N–H and O–H groups in total. The van der Waals surface area contributed by atoms with Gasteiger partial charge in [0.1, 0.15) is 0 Å². The molecule has 2 aliphatic rings. The summed E-state index contributed by atoms with van der Waals surface area (Å²) >= 11 is 0. The Balaban J connectivity index is 1.90. The van der Waals surface area contributed by atoms with Gasteiger partial charge in [-0.25, -0.2) is 0 Å². The van der Waals surface area contributed by atoms with Crippen molar-refractivity contribution in [3.63, 3.8) is 0 Å². The summed E-state index contributed by atoms with van der Waals surface area (Å²) in [6.45, 7) is 8.13. The quantitative estimate of drug-likeness (QED) is 0.758. The maximum atomic E-state index is 5.42. The molecule has 2 heterocycles. The third-order valence-electron chi connectivity index (χ3n) is 4.25. The van der Waals surface area contributed by atoms with Crippen LogP contribution in [-0.2, 0) is 4.74 Å². The average molecular weight is 212 g/mol. The zero-order valence-electron chi connectivity index (χ0n) is 10.2. The van der Waals surface area contributed by atoms with Crippen molar-refractivity contribution in [1.82, 2.24) is 10.2 Å². The molecule has 0 aromatic heterocycles. The van der Waals surface area contributed by atoms with Gasteiger partial charge in [-0.15, -0.1) is 0 Å². The monoisotopic (exact) mass is 212 g/mol. The van der Waals surface area contributed by atoms with E-state index < -0.39 is 0 Å². The van der Waals surface area contributed by atoms with E-state index in [0.717, 1.165) is 12.0 Å². The maximum Gasteiger partial charge on any atom is 0.0695 e. The molecule has 3 nitrogen and oxygen atoms in total. The van der Waals surface area contributed by atoms with E-state index in [2.05, 4.69) is 24.1 Å². The van der Waals surface area contributed by atoms with Gasteiger partial charge in [-0.2, -0.15) is 0 Å². The highest BCUT2D eigenvalue weighted by Crippen LogP contribution is 2.27. The number of nitrogens with one attached hydrogen (secondary N) is 1. The van der Waals surface area contributed by atoms with Crippen molar-refractivity contribution in [3.8, 4) is 0 Å². The minimum absolute atomic E-state index is 0.338. The SMILES string of the molecule is COC(C)C(C)N1C[C@@H]2CCCN[C@@H]2C1. The van der Waals surface area contributed by atoms with Crippen LogP contribution in [0.4, 0.5) is 0 Å². The molecule has 88 valence electrons. The smallest absolute Gasteiger partial charge is 0.0695 e. The molecular weight excluding hydrogens is 188 g/mol. The highest BCUT2D eigenvalue weighted by molar-refractivity contribution is 4.94. The van der Waals surface area contributed by atoms with E-state index in [9.17, 15) is 0 Å². The lowest BCUT2D eigenvalue weighted by Crippen LogP contribution is -2.43. The minimum Gasteiger partial charge on any atom is -0.380 e. The summed E-state index contributed by atoms with van der Waals surface area (Å²) < 4.78 is 5.42. The van der Waals surface area contributed by atoms with Crippen LogP contribution in [0.5, 0.6) is 0 Å². The first-order chi connectivity index (χ1) is 7.22. The van der Waals surface area contributed by atoms with Crippen LogP contribution in [0.15, 0.2) is 0 Å². The van der Waals surface area contributed by atoms with Crippen LogP contribution in [0, 0.1) is 5.92 Å². The minimum atomic E-state index is 0.338. The first-order valence-corrected chi connectivity index (χ1v) is 6.22. The maximum absolute atomic E-state index is 5.42. The molecule has 2 aliphatic heterocycles. The lowest BCUT2D eigenvalue weighted by molar-refractivity contribution is 0.0413. The van der Waals surface area contributed by atoms with Crippen molar-refractivity contribution < 1.29 is 4.74 Å². The number of rotatable bonds is 3. The zero-order valence-corrected chi connectivity index (χ0v) is 10.2. The Hall–Kier alpha value is -0.120. The predicted octanol–water partition coefficient (Wildman–Crippen LogP) is 1.09. The molecule has 0 aromatic carbocycles. The van der Waals surface area contributed by atoms with Gasteiger partial charge in [0.15, 0.2) is 0 Å². The van der Waals surface area contributed by atoms with E-state index in [1.165, 1.54) is 32.5 Å². The number of hydrogen-bond acceptors (Lipinski definition) is 3. The predicted molar refractivity (Wildman–Crippen MR) is 62.0 cm³/mol. The van der Waals surface area contributed by atoms with Crippen LogP contribution in [0.2, 0.25) is 0 Å². The van der Waals surface area contributed by atoms with E-state index in [-0.39, 0.29) is 0 Å². The van der Waals surface area contributed by atoms with E-state index in [1.807, 2.05) is 7.11 Å². The van der Waals surface area contributed by atoms with Gasteiger partial charge in [0, 0.05) is 32.3 Å². The summed E-state index contributed by atoms with van der Waals surface area (Å²) in [5.74, 6) is 0.880. The second kappa shape index (κ2) is 4.81. The van der Waals surface area contributed by atoms with Crippen LogP contribution in [-0.4, -0.2) is 49.8 Å². The van der Waals surface area contributed by atoms with Gasteiger partial charge in [-0.1, -0.05) is 0 Å². The van der Waals surface area contributed by atoms with Crippen LogP contribution in [0.25, 0.3) is 0 Å². The number of piperidine rings is 1. The molecular formula is C12H24N2O. The molecule has 0 spiro atoms. The molecule has 0 bridgehead atoms. The van der Waals surface area contributed by atoms with Crippen LogP contribution in [0.3, 0.4) is 0 Å². The zero-order chi connectivity index (χ0) is 10.8. The fraction of sp³-hybridized carbons (Fsp3) is 1.00. The van der Waals surface area contributed by atoms with E-state index in [1.54, 1.807) is 0 Å². The Morgan fingerprint density at radius 3 is 2.80 bits per heavy atom. The Labute approximate surface area is 93.2 Å². The summed E-state index contributed by atoms with van der Waals surface area (Å²) in [7, 11) is 1.81. The molecule has 3 heteroatoms. The standard InChI is InChI=1S/C12H24N2O/c1-9(10(2)15-3)14-7-11-5-4-6-13-12(11)8-14/h9-13H,4-8H2,1-3H3/t9?,10?,11-,12+/m0/s1. The number of likely N-dealkylation sites (tertiary alicyclic amines) is 1. The van der Waals surface area contributed by atoms with Crippen molar-refractivity contribution in [2.24, 2.45) is 5.92 Å². The van der Waals surface area contributed by atoms with Gasteiger partial charge in [-0.05, 0) is 39.2 Å². The topological polar surface area (TPSA) is 24.5 Å². The summed E-state index contributed by atoms with van der Waals surface area (Å²) in [6, 6.07) is 1.28. The fourth-order valence-electron chi connectivity index (χ4n) is 2.91. The Kier molecular flexibility index (Phi) is 3.65. The fourth-order valence-corrected chi connectivity index (χ4v) is 2.91. The lowest BCUT2D eigenvalue weighted by atomic mass is 9.94. The van der Waals surface area contributed by atoms with Crippen LogP contribution < -0.4 is 5.32 Å². The second-order valence-corrected chi connectivity index (χ2v) is 5.10. The molecule has 2 unspecified atom stereocenters. The second-order valence-electron chi connectivity index (χ2n) is 5.10. The largest absolute Gasteiger partial charge is 0.380 e. The van der Waals surface area contributed by atoms with Crippen LogP contribution >= 0.6 is 0 Å². The highest BCUT2D eigenvalue weighted by Gasteiger charge is 2.37. The molecule has 0 radical (unpaired) electrons. The van der Waals surface area contributed by atoms with E-state index >= 15 is 0 Å². The van der Waals surface area contributed by atoms with Gasteiger partial charge in [0.25, 0.3) is 0 Å². The molecule has 4 atom stereocenters. The first kappa shape index (κ1) is 11.4. The third kappa shape index (κ3) is 2.35. The average Bonchev–Trinajstić information content (AvgIpc) is 2.70. The summed E-state index contributed by atoms with van der Waals surface area (Å²) in [5, 5.41) is 3.64. The number of fused-ring (bicyclic) bond motifs is 1. The molecule has 0 aliphatic carbocycles. The number of methoxy groups -OCH3 is 1. The molecule has 2 rings (SSSR count). The van der Waals surface area contributed by atoms with Crippen molar-refractivity contribution in [1.29, 1.82) is 0 Å². The lowest BCUT2D eigenvalue weighted by Gasteiger charge is -2.28. The summed E-state index contributed by atoms with van der Waals surface area (Å²) in [6.07, 6.45) is 3.09. The van der Waals surface area contributed by atoms with E-state index in [4.69, 9.17) is 4.74 Å². The molecule has 0 saturated carbocycles. The van der Waals surface area contributed by atoms with Crippen molar-refractivity contribution in [2.75, 3.05) is 26.7 Å². The van der Waals surface area contributed by atoms with Gasteiger partial charge >= 0.3 is 0 Å². The first-order valence-electron chi connectivity index (χ1n) is 6.22. The van der Waals surface area contributed by atoms with Crippen molar-refractivity contribution in [3.05, 3.63) is 0 Å². The molecule has 2 fully saturated rings. The Morgan fingerprint density at radius 2 is 2.13 bits per heavy atom. The molecule has 0 aromatic rings. The highest BCUT2D eigenvalue weighted by atomic mass is 16.5. The van der Waals surface area contributed by atoms with Crippen molar-refractivity contribution in [2.45, 2.75) is 44.9 Å². The normalized spacial score (nSPS) is 36.2. The van der Waals surface area contributed by atoms with Crippen molar-refractivity contribution >= 4 is 0 Å². The number of nitrogens with zero attached hydrogens (tertiary/aromatic N) is 1. The number of ether oxygens (including phenoxy) is 1. The summed E-state index contributed by atoms with van der Waals surface area (Å²) in [4.78, 5) is 2.59. The molecule has 0 amide bonds. The number of hydrogen-bond donors (Lipinski definition) is 1. The summed E-state index contributed by atoms with van der Waals surface area (Å²) in [5.41, 5.74) is 0. The third-order valence-corrected chi connectivity index (χ3v) is 4.25. The Morgan fingerprint density at radius 1 is 1.33 bits per heavy atom. The van der Waals surface area contributed by atoms with E-state index in [0.29, 0.717) is 12.1 Å². The van der Waals surface area contributed by atoms with Gasteiger partial charge < -0.3 is 10.1 Å². The van der Waals surface area contributed by atoms with Gasteiger partial charge in [0.2, 0.25) is 0 Å². The molecule has 2 saturated heterocycles. The molecule has 15 heavy (non-hydrogen) atoms.